The zero-order valence-electron chi connectivity index (χ0n) is 12.4. The fraction of sp³-hybridized carbons (Fsp3) is 1.00. The van der Waals surface area contributed by atoms with E-state index in [1.165, 1.54) is 0 Å². The van der Waals surface area contributed by atoms with Crippen LogP contribution in [0.4, 0.5) is 0 Å². The van der Waals surface area contributed by atoms with Crippen molar-refractivity contribution in [1.82, 2.24) is 10.2 Å². The van der Waals surface area contributed by atoms with Crippen LogP contribution in [-0.2, 0) is 14.2 Å². The molecule has 0 aliphatic heterocycles. The van der Waals surface area contributed by atoms with Gasteiger partial charge in [0.25, 0.3) is 0 Å². The average molecular weight is 262 g/mol. The summed E-state index contributed by atoms with van der Waals surface area (Å²) in [6.07, 6.45) is 1.13. The van der Waals surface area contributed by atoms with Crippen LogP contribution in [0, 0.1) is 0 Å². The molecule has 1 N–H and O–H groups in total. The molecule has 5 heteroatoms. The highest BCUT2D eigenvalue weighted by Gasteiger charge is 2.12. The van der Waals surface area contributed by atoms with E-state index in [-0.39, 0.29) is 0 Å². The van der Waals surface area contributed by atoms with Gasteiger partial charge in [0.1, 0.15) is 0 Å². The van der Waals surface area contributed by atoms with Crippen molar-refractivity contribution in [3.8, 4) is 0 Å². The molecule has 0 fully saturated rings. The second-order valence-corrected chi connectivity index (χ2v) is 4.43. The second-order valence-electron chi connectivity index (χ2n) is 4.43. The maximum atomic E-state index is 5.21. The van der Waals surface area contributed by atoms with Gasteiger partial charge < -0.3 is 19.5 Å². The summed E-state index contributed by atoms with van der Waals surface area (Å²) in [4.78, 5) is 2.41. The van der Waals surface area contributed by atoms with Crippen molar-refractivity contribution in [2.75, 3.05) is 67.3 Å². The fourth-order valence-electron chi connectivity index (χ4n) is 1.81. The summed E-state index contributed by atoms with van der Waals surface area (Å²) in [5.41, 5.74) is 0. The molecule has 0 rings (SSSR count). The van der Waals surface area contributed by atoms with Gasteiger partial charge in [-0.05, 0) is 26.4 Å². The van der Waals surface area contributed by atoms with Gasteiger partial charge in [0.2, 0.25) is 0 Å². The molecule has 0 saturated heterocycles. The minimum absolute atomic E-state index is 0.434. The Labute approximate surface area is 112 Å². The number of ether oxygens (including phenoxy) is 3. The van der Waals surface area contributed by atoms with Crippen LogP contribution in [-0.4, -0.2) is 78.3 Å². The molecule has 110 valence electrons. The van der Waals surface area contributed by atoms with Crippen LogP contribution in [0.5, 0.6) is 0 Å². The van der Waals surface area contributed by atoms with Crippen LogP contribution in [0.3, 0.4) is 0 Å². The normalized spacial score (nSPS) is 13.2. The van der Waals surface area contributed by atoms with E-state index in [1.807, 2.05) is 0 Å². The number of rotatable bonds is 13. The van der Waals surface area contributed by atoms with Crippen LogP contribution in [0.15, 0.2) is 0 Å². The van der Waals surface area contributed by atoms with E-state index in [2.05, 4.69) is 17.1 Å². The Morgan fingerprint density at radius 1 is 0.944 bits per heavy atom. The van der Waals surface area contributed by atoms with Gasteiger partial charge in [-0.3, -0.25) is 4.90 Å². The van der Waals surface area contributed by atoms with Crippen molar-refractivity contribution >= 4 is 0 Å². The van der Waals surface area contributed by atoms with Crippen LogP contribution in [0.2, 0.25) is 0 Å². The van der Waals surface area contributed by atoms with Crippen LogP contribution in [0.25, 0.3) is 0 Å². The molecule has 0 aromatic heterocycles. The lowest BCUT2D eigenvalue weighted by Gasteiger charge is -2.28. The second kappa shape index (κ2) is 13.2. The zero-order valence-corrected chi connectivity index (χ0v) is 12.4. The lowest BCUT2D eigenvalue weighted by Crippen LogP contribution is -2.40. The summed E-state index contributed by atoms with van der Waals surface area (Å²) in [6, 6.07) is 0.434. The Balaban J connectivity index is 3.71. The molecular formula is C13H30N2O3. The van der Waals surface area contributed by atoms with E-state index in [0.29, 0.717) is 6.04 Å². The first kappa shape index (κ1) is 17.8. The standard InChI is InChI=1S/C13H30N2O3/c1-13(12-18-4)15(9-11-17-3)8-5-6-14-7-10-16-2/h13-14H,5-12H2,1-4H3. The van der Waals surface area contributed by atoms with Gasteiger partial charge in [0.05, 0.1) is 19.8 Å². The summed E-state index contributed by atoms with van der Waals surface area (Å²) in [5, 5.41) is 3.35. The highest BCUT2D eigenvalue weighted by Crippen LogP contribution is 2.01. The first-order valence-electron chi connectivity index (χ1n) is 6.67. The van der Waals surface area contributed by atoms with Gasteiger partial charge in [-0.2, -0.15) is 0 Å². The number of nitrogens with zero attached hydrogens (tertiary/aromatic N) is 1. The van der Waals surface area contributed by atoms with E-state index in [0.717, 1.165) is 52.4 Å². The highest BCUT2D eigenvalue weighted by atomic mass is 16.5. The van der Waals surface area contributed by atoms with Crippen LogP contribution >= 0.6 is 0 Å². The molecule has 1 atom stereocenters. The third kappa shape index (κ3) is 9.79. The summed E-state index contributed by atoms with van der Waals surface area (Å²) >= 11 is 0. The quantitative estimate of drug-likeness (QED) is 0.492. The summed E-state index contributed by atoms with van der Waals surface area (Å²) < 4.78 is 15.3. The predicted molar refractivity (Wildman–Crippen MR) is 74.1 cm³/mol. The van der Waals surface area contributed by atoms with Crippen LogP contribution < -0.4 is 5.32 Å². The number of methoxy groups -OCH3 is 3. The van der Waals surface area contributed by atoms with Gasteiger partial charge in [-0.1, -0.05) is 0 Å². The van der Waals surface area contributed by atoms with Crippen molar-refractivity contribution in [2.24, 2.45) is 0 Å². The van der Waals surface area contributed by atoms with Gasteiger partial charge in [-0.15, -0.1) is 0 Å². The van der Waals surface area contributed by atoms with Gasteiger partial charge in [0.15, 0.2) is 0 Å². The molecule has 0 aromatic carbocycles. The average Bonchev–Trinajstić information content (AvgIpc) is 2.37. The molecular weight excluding hydrogens is 232 g/mol. The smallest absolute Gasteiger partial charge is 0.0615 e. The SMILES string of the molecule is COCCNCCCN(CCOC)C(C)COC. The third-order valence-electron chi connectivity index (χ3n) is 2.90. The minimum atomic E-state index is 0.434. The maximum absolute atomic E-state index is 5.21. The molecule has 18 heavy (non-hydrogen) atoms. The fourth-order valence-corrected chi connectivity index (χ4v) is 1.81. The molecule has 0 heterocycles. The zero-order chi connectivity index (χ0) is 13.6. The molecule has 0 aliphatic rings. The molecule has 0 aliphatic carbocycles. The van der Waals surface area contributed by atoms with Crippen molar-refractivity contribution in [2.45, 2.75) is 19.4 Å². The lowest BCUT2D eigenvalue weighted by atomic mass is 10.2. The van der Waals surface area contributed by atoms with E-state index in [1.54, 1.807) is 21.3 Å². The largest absolute Gasteiger partial charge is 0.383 e. The van der Waals surface area contributed by atoms with Gasteiger partial charge >= 0.3 is 0 Å². The van der Waals surface area contributed by atoms with Crippen molar-refractivity contribution < 1.29 is 14.2 Å². The highest BCUT2D eigenvalue weighted by molar-refractivity contribution is 4.67. The molecule has 0 amide bonds. The van der Waals surface area contributed by atoms with Gasteiger partial charge in [0, 0.05) is 40.5 Å². The Kier molecular flexibility index (Phi) is 13.1. The molecule has 0 bridgehead atoms. The van der Waals surface area contributed by atoms with E-state index < -0.39 is 0 Å². The number of hydrogen-bond donors (Lipinski definition) is 1. The van der Waals surface area contributed by atoms with Crippen molar-refractivity contribution in [3.05, 3.63) is 0 Å². The third-order valence-corrected chi connectivity index (χ3v) is 2.90. The van der Waals surface area contributed by atoms with Crippen LogP contribution in [0.1, 0.15) is 13.3 Å². The van der Waals surface area contributed by atoms with Crippen molar-refractivity contribution in [3.63, 3.8) is 0 Å². The number of nitrogens with one attached hydrogen (secondary N) is 1. The first-order chi connectivity index (χ1) is 8.76. The maximum Gasteiger partial charge on any atom is 0.0615 e. The molecule has 0 spiro atoms. The van der Waals surface area contributed by atoms with Gasteiger partial charge in [-0.25, -0.2) is 0 Å². The minimum Gasteiger partial charge on any atom is -0.383 e. The molecule has 0 aromatic rings. The summed E-state index contributed by atoms with van der Waals surface area (Å²) in [6.45, 7) is 8.46. The van der Waals surface area contributed by atoms with Crippen molar-refractivity contribution in [1.29, 1.82) is 0 Å². The molecule has 1 unspecified atom stereocenters. The monoisotopic (exact) mass is 262 g/mol. The topological polar surface area (TPSA) is 43.0 Å². The Bertz CT molecular complexity index is 170. The van der Waals surface area contributed by atoms with E-state index in [9.17, 15) is 0 Å². The summed E-state index contributed by atoms with van der Waals surface area (Å²) in [7, 11) is 5.21. The molecule has 0 saturated carbocycles. The predicted octanol–water partition coefficient (Wildman–Crippen LogP) is 0.596. The Hall–Kier alpha value is -0.200. The molecule has 5 nitrogen and oxygen atoms in total. The van der Waals surface area contributed by atoms with E-state index in [4.69, 9.17) is 14.2 Å². The Morgan fingerprint density at radius 2 is 1.67 bits per heavy atom. The first-order valence-corrected chi connectivity index (χ1v) is 6.67. The lowest BCUT2D eigenvalue weighted by molar-refractivity contribution is 0.0743. The number of hydrogen-bond acceptors (Lipinski definition) is 5. The molecule has 0 radical (unpaired) electrons. The Morgan fingerprint density at radius 3 is 2.28 bits per heavy atom. The summed E-state index contributed by atoms with van der Waals surface area (Å²) in [5.74, 6) is 0. The van der Waals surface area contributed by atoms with E-state index >= 15 is 0 Å².